The number of rotatable bonds is 6. The van der Waals surface area contributed by atoms with Gasteiger partial charge in [-0.05, 0) is 45.2 Å². The monoisotopic (exact) mass is 456 g/mol. The number of aromatic nitrogens is 3. The van der Waals surface area contributed by atoms with Gasteiger partial charge in [-0.2, -0.15) is 5.10 Å². The van der Waals surface area contributed by atoms with Gasteiger partial charge in [-0.3, -0.25) is 4.90 Å². The number of nitrogens with zero attached hydrogens (tertiary/aromatic N) is 4. The van der Waals surface area contributed by atoms with Crippen LogP contribution < -0.4 is 11.1 Å². The Kier molecular flexibility index (Phi) is 6.32. The molecule has 0 aliphatic carbocycles. The van der Waals surface area contributed by atoms with E-state index in [-0.39, 0.29) is 18.4 Å². The molecule has 3 atom stereocenters. The van der Waals surface area contributed by atoms with Gasteiger partial charge in [-0.15, -0.1) is 11.3 Å². The Morgan fingerprint density at radius 3 is 2.84 bits per heavy atom. The minimum absolute atomic E-state index is 0.00731. The molecule has 172 valence electrons. The minimum atomic E-state index is 0.00731. The van der Waals surface area contributed by atoms with Crippen LogP contribution in [0.2, 0.25) is 0 Å². The second-order valence-corrected chi connectivity index (χ2v) is 9.90. The third kappa shape index (κ3) is 4.61. The molecule has 0 bridgehead atoms. The van der Waals surface area contributed by atoms with E-state index >= 15 is 0 Å². The van der Waals surface area contributed by atoms with E-state index in [4.69, 9.17) is 15.2 Å². The second kappa shape index (κ2) is 9.35. The first-order valence-electron chi connectivity index (χ1n) is 11.5. The van der Waals surface area contributed by atoms with Crippen LogP contribution in [0.1, 0.15) is 39.3 Å². The molecule has 2 saturated heterocycles. The Balaban J connectivity index is 1.35. The molecule has 0 spiro atoms. The van der Waals surface area contributed by atoms with Crippen molar-refractivity contribution in [2.24, 2.45) is 0 Å². The molecule has 5 rings (SSSR count). The summed E-state index contributed by atoms with van der Waals surface area (Å²) in [6.07, 6.45) is 5.70. The first kappa shape index (κ1) is 21.6. The van der Waals surface area contributed by atoms with Gasteiger partial charge in [0.25, 0.3) is 0 Å². The highest BCUT2D eigenvalue weighted by Crippen LogP contribution is 2.39. The number of morpholine rings is 1. The quantitative estimate of drug-likeness (QED) is 0.580. The molecule has 2 aliphatic heterocycles. The van der Waals surface area contributed by atoms with Gasteiger partial charge < -0.3 is 20.5 Å². The zero-order valence-corrected chi connectivity index (χ0v) is 19.6. The summed E-state index contributed by atoms with van der Waals surface area (Å²) in [7, 11) is 0. The molecule has 2 aliphatic rings. The molecular weight excluding hydrogens is 424 g/mol. The Morgan fingerprint density at radius 2 is 2.06 bits per heavy atom. The highest BCUT2D eigenvalue weighted by atomic mass is 32.1. The smallest absolute Gasteiger partial charge is 0.150 e. The van der Waals surface area contributed by atoms with Crippen molar-refractivity contribution in [1.82, 2.24) is 19.7 Å². The Morgan fingerprint density at radius 1 is 1.22 bits per heavy atom. The van der Waals surface area contributed by atoms with Crippen LogP contribution in [0.25, 0.3) is 20.8 Å². The van der Waals surface area contributed by atoms with E-state index in [1.807, 2.05) is 16.9 Å². The number of nitrogens with one attached hydrogen (secondary N) is 1. The van der Waals surface area contributed by atoms with Crippen molar-refractivity contribution in [2.75, 3.05) is 43.8 Å². The lowest BCUT2D eigenvalue weighted by atomic mass is 10.2. The number of hydrogen-bond donors (Lipinski definition) is 2. The van der Waals surface area contributed by atoms with Gasteiger partial charge in [0.05, 0.1) is 38.7 Å². The van der Waals surface area contributed by atoms with Crippen molar-refractivity contribution in [3.63, 3.8) is 0 Å². The summed E-state index contributed by atoms with van der Waals surface area (Å²) >= 11 is 1.72. The lowest BCUT2D eigenvalue weighted by Crippen LogP contribution is -2.46. The Bertz CT molecular complexity index is 1050. The topological polar surface area (TPSA) is 90.5 Å². The van der Waals surface area contributed by atoms with Crippen molar-refractivity contribution < 1.29 is 9.47 Å². The van der Waals surface area contributed by atoms with Crippen LogP contribution in [0.4, 0.5) is 11.5 Å². The number of nitrogens with two attached hydrogens (primary N) is 1. The predicted molar refractivity (Wildman–Crippen MR) is 129 cm³/mol. The summed E-state index contributed by atoms with van der Waals surface area (Å²) in [5.41, 5.74) is 9.16. The highest BCUT2D eigenvalue weighted by Gasteiger charge is 2.23. The van der Waals surface area contributed by atoms with Crippen LogP contribution in [0.5, 0.6) is 0 Å². The average Bonchev–Trinajstić information content (AvgIpc) is 3.40. The fourth-order valence-electron chi connectivity index (χ4n) is 4.77. The average molecular weight is 457 g/mol. The highest BCUT2D eigenvalue weighted by molar-refractivity contribution is 7.22. The van der Waals surface area contributed by atoms with E-state index in [0.29, 0.717) is 5.82 Å². The molecule has 3 N–H and O–H groups in total. The summed E-state index contributed by atoms with van der Waals surface area (Å²) in [5.74, 6) is 0.530. The molecule has 3 aromatic heterocycles. The number of anilines is 2. The molecule has 8 nitrogen and oxygen atoms in total. The van der Waals surface area contributed by atoms with E-state index in [1.165, 1.54) is 6.42 Å². The lowest BCUT2D eigenvalue weighted by Gasteiger charge is -2.35. The van der Waals surface area contributed by atoms with Crippen molar-refractivity contribution in [1.29, 1.82) is 0 Å². The molecule has 3 aromatic rings. The molecular formula is C23H32N6O2S. The third-order valence-corrected chi connectivity index (χ3v) is 7.27. The van der Waals surface area contributed by atoms with Gasteiger partial charge in [0.1, 0.15) is 5.82 Å². The van der Waals surface area contributed by atoms with Crippen molar-refractivity contribution in [3.05, 3.63) is 24.4 Å². The van der Waals surface area contributed by atoms with Crippen LogP contribution in [0.15, 0.2) is 24.4 Å². The van der Waals surface area contributed by atoms with E-state index in [2.05, 4.69) is 46.3 Å². The number of fused-ring (bicyclic) bond motifs is 1. The van der Waals surface area contributed by atoms with Crippen molar-refractivity contribution in [2.45, 2.75) is 51.5 Å². The largest absolute Gasteiger partial charge is 0.384 e. The van der Waals surface area contributed by atoms with E-state index in [0.717, 1.165) is 72.1 Å². The van der Waals surface area contributed by atoms with E-state index in [1.54, 1.807) is 11.3 Å². The maximum atomic E-state index is 6.14. The lowest BCUT2D eigenvalue weighted by molar-refractivity contribution is -0.0667. The van der Waals surface area contributed by atoms with Crippen LogP contribution >= 0.6 is 11.3 Å². The normalized spacial score (nSPS) is 24.8. The molecule has 0 aromatic carbocycles. The first-order valence-corrected chi connectivity index (χ1v) is 12.4. The van der Waals surface area contributed by atoms with Gasteiger partial charge in [-0.25, -0.2) is 9.67 Å². The predicted octanol–water partition coefficient (Wildman–Crippen LogP) is 3.96. The maximum absolute atomic E-state index is 6.14. The van der Waals surface area contributed by atoms with E-state index in [9.17, 15) is 0 Å². The summed E-state index contributed by atoms with van der Waals surface area (Å²) < 4.78 is 15.0. The van der Waals surface area contributed by atoms with E-state index < -0.39 is 0 Å². The van der Waals surface area contributed by atoms with Gasteiger partial charge in [0.15, 0.2) is 6.23 Å². The Labute approximate surface area is 192 Å². The zero-order chi connectivity index (χ0) is 22.1. The van der Waals surface area contributed by atoms with Gasteiger partial charge >= 0.3 is 0 Å². The third-order valence-electron chi connectivity index (χ3n) is 6.09. The van der Waals surface area contributed by atoms with Crippen LogP contribution in [-0.4, -0.2) is 64.7 Å². The van der Waals surface area contributed by atoms with Gasteiger partial charge in [0, 0.05) is 45.0 Å². The molecule has 3 unspecified atom stereocenters. The van der Waals surface area contributed by atoms with Gasteiger partial charge in [-0.1, -0.05) is 0 Å². The molecule has 5 heterocycles. The summed E-state index contributed by atoms with van der Waals surface area (Å²) in [5, 5.41) is 8.16. The number of ether oxygens (including phenoxy) is 2. The first-order chi connectivity index (χ1) is 15.6. The van der Waals surface area contributed by atoms with Crippen LogP contribution in [0, 0.1) is 0 Å². The second-order valence-electron chi connectivity index (χ2n) is 8.85. The fourth-order valence-corrected chi connectivity index (χ4v) is 5.88. The number of pyridine rings is 1. The van der Waals surface area contributed by atoms with Crippen molar-refractivity contribution in [3.8, 4) is 10.6 Å². The number of nitrogen functional groups attached to an aromatic ring is 1. The summed E-state index contributed by atoms with van der Waals surface area (Å²) in [6.45, 7) is 8.82. The molecule has 9 heteroatoms. The molecule has 0 saturated carbocycles. The molecule has 32 heavy (non-hydrogen) atoms. The standard InChI is InChI=1S/C23H32N6O2S/c1-15-13-28(14-16(2)31-15)9-8-25-17-12-21(24)27-18-11-20(32-23(17)18)19-6-7-26-29(19)22-5-3-4-10-30-22/h6-7,11-12,15-16,22H,3-5,8-10,13-14H2,1-2H3,(H3,24,25,27). The van der Waals surface area contributed by atoms with Crippen LogP contribution in [0.3, 0.4) is 0 Å². The van der Waals surface area contributed by atoms with Crippen molar-refractivity contribution >= 4 is 33.1 Å². The molecule has 2 fully saturated rings. The number of hydrogen-bond acceptors (Lipinski definition) is 8. The SMILES string of the molecule is CC1CN(CCNc2cc(N)nc3cc(-c4ccnn4C4CCCCO4)sc23)CC(C)O1. The summed E-state index contributed by atoms with van der Waals surface area (Å²) in [4.78, 5) is 8.17. The Hall–Kier alpha value is -2.20. The molecule has 0 radical (unpaired) electrons. The minimum Gasteiger partial charge on any atom is -0.384 e. The van der Waals surface area contributed by atoms with Crippen LogP contribution in [-0.2, 0) is 9.47 Å². The summed E-state index contributed by atoms with van der Waals surface area (Å²) in [6, 6.07) is 6.11. The van der Waals surface area contributed by atoms with Gasteiger partial charge in [0.2, 0.25) is 0 Å². The maximum Gasteiger partial charge on any atom is 0.150 e. The molecule has 0 amide bonds. The fraction of sp³-hybridized carbons (Fsp3) is 0.565. The number of thiophene rings is 1. The zero-order valence-electron chi connectivity index (χ0n) is 18.8.